The first-order chi connectivity index (χ1) is 13.0. The van der Waals surface area contributed by atoms with Crippen LogP contribution in [-0.4, -0.2) is 10.8 Å². The second-order valence-corrected chi connectivity index (χ2v) is 6.46. The van der Waals surface area contributed by atoms with Gasteiger partial charge in [0.25, 0.3) is 11.6 Å². The molecule has 1 amide bonds. The summed E-state index contributed by atoms with van der Waals surface area (Å²) in [7, 11) is 0. The van der Waals surface area contributed by atoms with E-state index in [2.05, 4.69) is 5.32 Å². The highest BCUT2D eigenvalue weighted by atomic mass is 16.6. The van der Waals surface area contributed by atoms with E-state index in [0.29, 0.717) is 16.8 Å². The van der Waals surface area contributed by atoms with Crippen LogP contribution in [0.5, 0.6) is 0 Å². The first-order valence-corrected chi connectivity index (χ1v) is 8.55. The first-order valence-electron chi connectivity index (χ1n) is 8.55. The molecule has 134 valence electrons. The van der Waals surface area contributed by atoms with Gasteiger partial charge in [0.1, 0.15) is 6.17 Å². The van der Waals surface area contributed by atoms with Gasteiger partial charge in [0.2, 0.25) is 0 Å². The number of nitro groups is 1. The van der Waals surface area contributed by atoms with Crippen LogP contribution < -0.4 is 10.2 Å². The number of fused-ring (bicyclic) bond motifs is 1. The Morgan fingerprint density at radius 3 is 2.56 bits per heavy atom. The van der Waals surface area contributed by atoms with Gasteiger partial charge in [-0.15, -0.1) is 0 Å². The fraction of sp³-hybridized carbons (Fsp3) is 0.0952. The Morgan fingerprint density at radius 1 is 1.00 bits per heavy atom. The molecule has 0 radical (unpaired) electrons. The normalized spacial score (nSPS) is 15.8. The van der Waals surface area contributed by atoms with Gasteiger partial charge in [0, 0.05) is 29.1 Å². The summed E-state index contributed by atoms with van der Waals surface area (Å²) in [5, 5.41) is 14.6. The molecule has 27 heavy (non-hydrogen) atoms. The predicted octanol–water partition coefficient (Wildman–Crippen LogP) is 4.67. The van der Waals surface area contributed by atoms with Crippen molar-refractivity contribution in [3.05, 3.63) is 99.6 Å². The molecular formula is C21H17N3O3. The average molecular weight is 359 g/mol. The molecule has 6 nitrogen and oxygen atoms in total. The van der Waals surface area contributed by atoms with Crippen LogP contribution in [0.25, 0.3) is 0 Å². The number of amides is 1. The highest BCUT2D eigenvalue weighted by Crippen LogP contribution is 2.37. The number of carbonyl (C=O) groups excluding carboxylic acids is 1. The van der Waals surface area contributed by atoms with E-state index in [0.717, 1.165) is 11.3 Å². The number of rotatable bonds is 3. The van der Waals surface area contributed by atoms with Gasteiger partial charge in [-0.05, 0) is 36.8 Å². The molecule has 0 saturated carbocycles. The van der Waals surface area contributed by atoms with Crippen LogP contribution in [0.4, 0.5) is 17.1 Å². The number of benzene rings is 3. The number of nitrogens with one attached hydrogen (secondary N) is 1. The zero-order valence-corrected chi connectivity index (χ0v) is 14.6. The fourth-order valence-corrected chi connectivity index (χ4v) is 3.34. The molecule has 1 aliphatic heterocycles. The lowest BCUT2D eigenvalue weighted by Gasteiger charge is -2.38. The van der Waals surface area contributed by atoms with E-state index in [-0.39, 0.29) is 11.6 Å². The Kier molecular flexibility index (Phi) is 4.08. The largest absolute Gasteiger partial charge is 0.360 e. The van der Waals surface area contributed by atoms with Gasteiger partial charge in [-0.2, -0.15) is 0 Å². The minimum atomic E-state index is -0.547. The molecule has 3 aromatic rings. The number of non-ortho nitro benzene ring substituents is 1. The zero-order valence-electron chi connectivity index (χ0n) is 14.6. The van der Waals surface area contributed by atoms with E-state index >= 15 is 0 Å². The maximum Gasteiger partial charge on any atom is 0.269 e. The van der Waals surface area contributed by atoms with Crippen molar-refractivity contribution >= 4 is 23.0 Å². The van der Waals surface area contributed by atoms with E-state index in [9.17, 15) is 14.9 Å². The molecule has 0 aromatic heterocycles. The lowest BCUT2D eigenvalue weighted by atomic mass is 10.0. The number of aryl methyl sites for hydroxylation is 1. The van der Waals surface area contributed by atoms with Crippen molar-refractivity contribution < 1.29 is 9.72 Å². The summed E-state index contributed by atoms with van der Waals surface area (Å²) in [6.07, 6.45) is -0.547. The first kappa shape index (κ1) is 16.8. The Hall–Kier alpha value is -3.67. The Morgan fingerprint density at radius 2 is 1.78 bits per heavy atom. The minimum absolute atomic E-state index is 0.00944. The van der Waals surface area contributed by atoms with Crippen LogP contribution in [0.2, 0.25) is 0 Å². The zero-order chi connectivity index (χ0) is 19.0. The SMILES string of the molecule is Cc1cccc(N2C(=O)c3ccccc3N[C@@H]2c2cccc([N+](=O)[O-])c2)c1. The molecule has 0 spiro atoms. The van der Waals surface area contributed by atoms with Gasteiger partial charge < -0.3 is 5.32 Å². The fourth-order valence-electron chi connectivity index (χ4n) is 3.34. The van der Waals surface area contributed by atoms with Crippen molar-refractivity contribution in [2.75, 3.05) is 10.2 Å². The molecule has 4 rings (SSSR count). The Bertz CT molecular complexity index is 1050. The lowest BCUT2D eigenvalue weighted by molar-refractivity contribution is -0.384. The van der Waals surface area contributed by atoms with Crippen LogP contribution in [0.3, 0.4) is 0 Å². The summed E-state index contributed by atoms with van der Waals surface area (Å²) >= 11 is 0. The van der Waals surface area contributed by atoms with E-state index in [4.69, 9.17) is 0 Å². The van der Waals surface area contributed by atoms with Crippen molar-refractivity contribution in [2.45, 2.75) is 13.1 Å². The molecule has 0 bridgehead atoms. The highest BCUT2D eigenvalue weighted by molar-refractivity contribution is 6.12. The number of nitrogens with zero attached hydrogens (tertiary/aromatic N) is 2. The number of nitro benzene ring substituents is 1. The van der Waals surface area contributed by atoms with E-state index < -0.39 is 11.1 Å². The predicted molar refractivity (Wildman–Crippen MR) is 104 cm³/mol. The van der Waals surface area contributed by atoms with E-state index in [1.807, 2.05) is 49.4 Å². The molecular weight excluding hydrogens is 342 g/mol. The van der Waals surface area contributed by atoms with Crippen LogP contribution in [-0.2, 0) is 0 Å². The maximum absolute atomic E-state index is 13.3. The standard InChI is InChI=1S/C21H17N3O3/c1-14-6-4-8-16(12-14)23-20(15-7-5-9-17(13-15)24(26)27)22-19-11-3-2-10-18(19)21(23)25/h2-13,20,22H,1H3/t20-/m0/s1. The summed E-state index contributed by atoms with van der Waals surface area (Å²) in [6, 6.07) is 21.3. The van der Waals surface area contributed by atoms with Crippen LogP contribution >= 0.6 is 0 Å². The maximum atomic E-state index is 13.3. The third kappa shape index (κ3) is 3.01. The Labute approximate surface area is 156 Å². The van der Waals surface area contributed by atoms with Gasteiger partial charge >= 0.3 is 0 Å². The number of hydrogen-bond acceptors (Lipinski definition) is 4. The molecule has 0 unspecified atom stereocenters. The number of hydrogen-bond donors (Lipinski definition) is 1. The van der Waals surface area contributed by atoms with Crippen LogP contribution in [0.1, 0.15) is 27.7 Å². The van der Waals surface area contributed by atoms with Gasteiger partial charge in [-0.25, -0.2) is 0 Å². The summed E-state index contributed by atoms with van der Waals surface area (Å²) < 4.78 is 0. The van der Waals surface area contributed by atoms with Crippen molar-refractivity contribution in [1.82, 2.24) is 0 Å². The third-order valence-corrected chi connectivity index (χ3v) is 4.60. The molecule has 0 fully saturated rings. The van der Waals surface area contributed by atoms with Gasteiger partial charge in [0.05, 0.1) is 10.5 Å². The average Bonchev–Trinajstić information content (AvgIpc) is 2.68. The minimum Gasteiger partial charge on any atom is -0.360 e. The quantitative estimate of drug-likeness (QED) is 0.544. The molecule has 0 saturated heterocycles. The van der Waals surface area contributed by atoms with Crippen LogP contribution in [0, 0.1) is 17.0 Å². The third-order valence-electron chi connectivity index (χ3n) is 4.60. The smallest absolute Gasteiger partial charge is 0.269 e. The van der Waals surface area contributed by atoms with Crippen molar-refractivity contribution in [3.8, 4) is 0 Å². The molecule has 6 heteroatoms. The van der Waals surface area contributed by atoms with Crippen molar-refractivity contribution in [2.24, 2.45) is 0 Å². The monoisotopic (exact) mass is 359 g/mol. The van der Waals surface area contributed by atoms with Crippen molar-refractivity contribution in [1.29, 1.82) is 0 Å². The summed E-state index contributed by atoms with van der Waals surface area (Å²) in [4.78, 5) is 25.7. The Balaban J connectivity index is 1.88. The van der Waals surface area contributed by atoms with Gasteiger partial charge in [-0.3, -0.25) is 19.8 Å². The molecule has 1 N–H and O–H groups in total. The molecule has 0 aliphatic carbocycles. The van der Waals surface area contributed by atoms with E-state index in [1.54, 1.807) is 23.1 Å². The van der Waals surface area contributed by atoms with Gasteiger partial charge in [-0.1, -0.05) is 36.4 Å². The van der Waals surface area contributed by atoms with Crippen molar-refractivity contribution in [3.63, 3.8) is 0 Å². The molecule has 1 atom stereocenters. The summed E-state index contributed by atoms with van der Waals surface area (Å²) in [6.45, 7) is 1.96. The second kappa shape index (κ2) is 6.57. The topological polar surface area (TPSA) is 75.5 Å². The molecule has 1 aliphatic rings. The van der Waals surface area contributed by atoms with E-state index in [1.165, 1.54) is 12.1 Å². The lowest BCUT2D eigenvalue weighted by Crippen LogP contribution is -2.43. The number of para-hydroxylation sites is 1. The second-order valence-electron chi connectivity index (χ2n) is 6.46. The molecule has 3 aromatic carbocycles. The number of carbonyl (C=O) groups is 1. The summed E-state index contributed by atoms with van der Waals surface area (Å²) in [5.41, 5.74) is 3.68. The highest BCUT2D eigenvalue weighted by Gasteiger charge is 2.34. The van der Waals surface area contributed by atoms with Crippen LogP contribution in [0.15, 0.2) is 72.8 Å². The summed E-state index contributed by atoms with van der Waals surface area (Å²) in [5.74, 6) is -0.147. The van der Waals surface area contributed by atoms with Gasteiger partial charge in [0.15, 0.2) is 0 Å². The molecule has 1 heterocycles. The number of anilines is 2.